The van der Waals surface area contributed by atoms with Gasteiger partial charge in [0.25, 0.3) is 5.91 Å². The van der Waals surface area contributed by atoms with E-state index in [0.29, 0.717) is 12.1 Å². The zero-order chi connectivity index (χ0) is 46.6. The second-order valence-corrected chi connectivity index (χ2v) is 16.0. The van der Waals surface area contributed by atoms with Gasteiger partial charge in [-0.1, -0.05) is 89.7 Å². The van der Waals surface area contributed by atoms with Crippen molar-refractivity contribution in [3.63, 3.8) is 0 Å². The Bertz CT molecular complexity index is 1900. The monoisotopic (exact) mass is 882 g/mol. The summed E-state index contributed by atoms with van der Waals surface area (Å²) in [5, 5.41) is 53.5. The van der Waals surface area contributed by atoms with Gasteiger partial charge in [0.05, 0.1) is 13.2 Å². The molecule has 3 rings (SSSR count). The predicted octanol–water partition coefficient (Wildman–Crippen LogP) is 2.12. The third kappa shape index (κ3) is 15.7. The number of carboxylic acids is 1. The first-order valence-electron chi connectivity index (χ1n) is 21.7. The highest BCUT2D eigenvalue weighted by atomic mass is 16.4. The van der Waals surface area contributed by atoms with Gasteiger partial charge in [0.1, 0.15) is 35.7 Å². The largest absolute Gasteiger partial charge is 0.507 e. The predicted molar refractivity (Wildman–Crippen MR) is 234 cm³/mol. The number of rotatable bonds is 22. The van der Waals surface area contributed by atoms with Gasteiger partial charge in [-0.25, -0.2) is 9.59 Å². The molecule has 0 fully saturated rings. The number of likely N-dealkylation sites (N-methyl/N-ethyl adjacent to an activating group) is 2. The number of carbonyl (C=O) groups is 7. The molecule has 63 heavy (non-hydrogen) atoms. The zero-order valence-electron chi connectivity index (χ0n) is 36.8. The lowest BCUT2D eigenvalue weighted by Gasteiger charge is -2.30. The fourth-order valence-corrected chi connectivity index (χ4v) is 7.17. The third-order valence-corrected chi connectivity index (χ3v) is 11.1. The number of hydrogen-bond donors (Lipinski definition) is 10. The van der Waals surface area contributed by atoms with Crippen LogP contribution >= 0.6 is 0 Å². The van der Waals surface area contributed by atoms with E-state index in [1.807, 2.05) is 0 Å². The first-order valence-corrected chi connectivity index (χ1v) is 21.7. The van der Waals surface area contributed by atoms with E-state index in [9.17, 15) is 54.0 Å². The first-order chi connectivity index (χ1) is 30.0. The van der Waals surface area contributed by atoms with Crippen molar-refractivity contribution in [1.82, 2.24) is 36.4 Å². The summed E-state index contributed by atoms with van der Waals surface area (Å²) in [4.78, 5) is 93.3. The Morgan fingerprint density at radius 1 is 0.794 bits per heavy atom. The van der Waals surface area contributed by atoms with E-state index in [1.165, 1.54) is 109 Å². The van der Waals surface area contributed by atoms with E-state index in [-0.39, 0.29) is 34.6 Å². The van der Waals surface area contributed by atoms with Gasteiger partial charge in [-0.15, -0.1) is 0 Å². The Hall–Kier alpha value is -5.95. The topological polar surface area (TPSA) is 293 Å². The van der Waals surface area contributed by atoms with Gasteiger partial charge in [0.2, 0.25) is 23.6 Å². The number of benzene rings is 2. The smallest absolute Gasteiger partial charge is 0.326 e. The van der Waals surface area contributed by atoms with Crippen molar-refractivity contribution >= 4 is 41.5 Å². The number of nitrogens with two attached hydrogens (primary N) is 1. The Kier molecular flexibility index (Phi) is 21.1. The number of phenolic OH excluding ortho intramolecular Hbond substituents is 2. The summed E-state index contributed by atoms with van der Waals surface area (Å²) < 4.78 is 0. The van der Waals surface area contributed by atoms with Crippen molar-refractivity contribution in [1.29, 1.82) is 0 Å². The SMILES string of the molecule is CCCCCCCCCCCCCCNC(=O)N(C)[C@H](CO)C(=O)N[C@H](N)C(=O)NCC(=O)N(C)[C@@H]1C(=O)N[C@@H](C)C(=O)N[C@H](C(=O)O)Cc2ccc(O)c(c2)-c2cc1ccc2O. The van der Waals surface area contributed by atoms with E-state index in [0.717, 1.165) is 35.5 Å². The molecule has 0 spiro atoms. The van der Waals surface area contributed by atoms with Crippen molar-refractivity contribution in [2.45, 2.75) is 128 Å². The second kappa shape index (κ2) is 25.9. The van der Waals surface area contributed by atoms with Crippen LogP contribution in [0.2, 0.25) is 0 Å². The van der Waals surface area contributed by atoms with E-state index in [1.54, 1.807) is 0 Å². The molecule has 0 aliphatic carbocycles. The number of carboxylic acid groups (broad SMARTS) is 1. The number of nitrogens with one attached hydrogen (secondary N) is 5. The maximum Gasteiger partial charge on any atom is 0.326 e. The molecule has 19 nitrogen and oxygen atoms in total. The molecule has 5 atom stereocenters. The van der Waals surface area contributed by atoms with Crippen molar-refractivity contribution < 1.29 is 54.0 Å². The molecule has 2 aromatic carbocycles. The highest BCUT2D eigenvalue weighted by Gasteiger charge is 2.34. The molecule has 348 valence electrons. The Morgan fingerprint density at radius 3 is 1.95 bits per heavy atom. The Labute approximate surface area is 368 Å². The van der Waals surface area contributed by atoms with Gasteiger partial charge in [-0.3, -0.25) is 24.0 Å². The van der Waals surface area contributed by atoms with Crippen molar-refractivity contribution in [2.75, 3.05) is 33.8 Å². The van der Waals surface area contributed by atoms with Crippen LogP contribution in [-0.4, -0.2) is 130 Å². The van der Waals surface area contributed by atoms with E-state index >= 15 is 0 Å². The summed E-state index contributed by atoms with van der Waals surface area (Å²) >= 11 is 0. The highest BCUT2D eigenvalue weighted by molar-refractivity contribution is 5.96. The highest BCUT2D eigenvalue weighted by Crippen LogP contribution is 2.38. The van der Waals surface area contributed by atoms with Gasteiger partial charge in [-0.2, -0.15) is 0 Å². The molecule has 19 heteroatoms. The number of hydrogen-bond acceptors (Lipinski definition) is 11. The number of unbranched alkanes of at least 4 members (excludes halogenated alkanes) is 11. The maximum atomic E-state index is 13.8. The molecular formula is C44H66N8O11. The molecule has 2 aromatic rings. The van der Waals surface area contributed by atoms with Crippen LogP contribution in [0.1, 0.15) is 108 Å². The number of nitrogens with zero attached hydrogens (tertiary/aromatic N) is 2. The zero-order valence-corrected chi connectivity index (χ0v) is 36.8. The van der Waals surface area contributed by atoms with Gasteiger partial charge >= 0.3 is 12.0 Å². The number of aliphatic hydroxyl groups is 1. The van der Waals surface area contributed by atoms with Crippen LogP contribution < -0.4 is 32.3 Å². The lowest BCUT2D eigenvalue weighted by atomic mass is 9.94. The van der Waals surface area contributed by atoms with Gasteiger partial charge in [0.15, 0.2) is 6.17 Å². The molecule has 0 saturated heterocycles. The average Bonchev–Trinajstić information content (AvgIpc) is 3.24. The number of fused-ring (bicyclic) bond motifs is 5. The number of urea groups is 1. The molecular weight excluding hydrogens is 817 g/mol. The van der Waals surface area contributed by atoms with Crippen molar-refractivity contribution in [3.8, 4) is 22.6 Å². The number of phenols is 2. The van der Waals surface area contributed by atoms with Crippen LogP contribution in [0.25, 0.3) is 11.1 Å². The van der Waals surface area contributed by atoms with Crippen LogP contribution in [0, 0.1) is 0 Å². The molecule has 11 N–H and O–H groups in total. The first kappa shape index (κ1) is 51.4. The fourth-order valence-electron chi connectivity index (χ4n) is 7.17. The van der Waals surface area contributed by atoms with Crippen LogP contribution in [-0.2, 0) is 35.2 Å². The van der Waals surface area contributed by atoms with E-state index in [4.69, 9.17) is 5.73 Å². The summed E-state index contributed by atoms with van der Waals surface area (Å²) in [6.07, 6.45) is 12.1. The lowest BCUT2D eigenvalue weighted by Crippen LogP contribution is -2.59. The average molecular weight is 883 g/mol. The lowest BCUT2D eigenvalue weighted by molar-refractivity contribution is -0.143. The fraction of sp³-hybridized carbons (Fsp3) is 0.568. The third-order valence-electron chi connectivity index (χ3n) is 11.1. The van der Waals surface area contributed by atoms with Gasteiger partial charge in [0, 0.05) is 38.2 Å². The minimum Gasteiger partial charge on any atom is -0.507 e. The number of carbonyl (C=O) groups excluding carboxylic acids is 6. The standard InChI is InChI=1S/C44H66N8O11/c1-5-6-7-8-9-10-11-12-13-14-15-16-21-46-44(63)51(3)33(26-53)40(58)50-38(45)42(60)47-25-36(56)52(4)37-29-18-20-35(55)31(24-29)30-22-28(17-19-34(30)54)23-32(43(61)62)49-39(57)27(2)48-41(37)59/h17-20,22,24,27,32-33,37-38,53-55H,5-16,21,23,25-26,45H2,1-4H3,(H,46,63)(H,47,60)(H,48,59)(H,49,57)(H,50,58)(H,61,62)/t27-,32-,33+,37-,38-/m0/s1. The molecule has 4 bridgehead atoms. The summed E-state index contributed by atoms with van der Waals surface area (Å²) in [7, 11) is 2.56. The molecule has 1 aliphatic heterocycles. The van der Waals surface area contributed by atoms with E-state index < -0.39 is 85.0 Å². The number of aliphatic hydroxyl groups excluding tert-OH is 1. The van der Waals surface area contributed by atoms with Crippen molar-refractivity contribution in [3.05, 3.63) is 47.5 Å². The molecule has 0 unspecified atom stereocenters. The molecule has 7 amide bonds. The van der Waals surface area contributed by atoms with Gasteiger partial charge in [-0.05, 0) is 48.7 Å². The summed E-state index contributed by atoms with van der Waals surface area (Å²) in [6, 6.07) is 1.91. The minimum absolute atomic E-state index is 0.0467. The summed E-state index contributed by atoms with van der Waals surface area (Å²) in [5.74, 6) is -6.47. The molecule has 1 heterocycles. The second-order valence-electron chi connectivity index (χ2n) is 16.0. The normalized spacial score (nSPS) is 17.2. The van der Waals surface area contributed by atoms with E-state index in [2.05, 4.69) is 33.5 Å². The molecule has 0 radical (unpaired) electrons. The van der Waals surface area contributed by atoms with Crippen LogP contribution in [0.3, 0.4) is 0 Å². The summed E-state index contributed by atoms with van der Waals surface area (Å²) in [5.41, 5.74) is 6.57. The number of amides is 7. The molecule has 1 aliphatic rings. The number of aromatic hydroxyl groups is 2. The Morgan fingerprint density at radius 2 is 1.37 bits per heavy atom. The molecule has 0 aromatic heterocycles. The number of aliphatic carboxylic acids is 1. The summed E-state index contributed by atoms with van der Waals surface area (Å²) in [6.45, 7) is 2.39. The van der Waals surface area contributed by atoms with Crippen molar-refractivity contribution in [2.24, 2.45) is 5.73 Å². The minimum atomic E-state index is -1.73. The van der Waals surface area contributed by atoms with Crippen LogP contribution in [0.4, 0.5) is 4.79 Å². The Balaban J connectivity index is 1.60. The van der Waals surface area contributed by atoms with Crippen LogP contribution in [0.5, 0.6) is 11.5 Å². The van der Waals surface area contributed by atoms with Gasteiger partial charge < -0.3 is 62.5 Å². The quantitative estimate of drug-likeness (QED) is 0.0601. The molecule has 0 saturated carbocycles. The maximum absolute atomic E-state index is 13.8. The van der Waals surface area contributed by atoms with Crippen LogP contribution in [0.15, 0.2) is 36.4 Å².